The monoisotopic (exact) mass is 557 g/mol. The number of carbonyl (C=O) groups excluding carboxylic acids is 3. The number of carboxylic acids is 1. The third kappa shape index (κ3) is 5.30. The molecule has 0 unspecified atom stereocenters. The van der Waals surface area contributed by atoms with Crippen molar-refractivity contribution >= 4 is 48.9 Å². The molecule has 3 amide bonds. The lowest BCUT2D eigenvalue weighted by atomic mass is 9.78. The van der Waals surface area contributed by atoms with E-state index in [1.54, 1.807) is 0 Å². The Hall–Kier alpha value is -3.85. The largest absolute Gasteiger partial charge is 0.491 e. The van der Waals surface area contributed by atoms with E-state index < -0.39 is 61.6 Å². The molecule has 16 heteroatoms. The van der Waals surface area contributed by atoms with E-state index >= 15 is 0 Å². The van der Waals surface area contributed by atoms with Crippen molar-refractivity contribution < 1.29 is 52.4 Å². The topological polar surface area (TPSA) is 175 Å². The molecule has 5 N–H and O–H groups in total. The first-order chi connectivity index (χ1) is 19.0. The fourth-order valence-electron chi connectivity index (χ4n) is 5.08. The highest BCUT2D eigenvalue weighted by Crippen LogP contribution is 2.24. The van der Waals surface area contributed by atoms with E-state index in [1.807, 2.05) is 0 Å². The van der Waals surface area contributed by atoms with Crippen LogP contribution in [0.2, 0.25) is 0 Å². The first-order valence-electron chi connectivity index (χ1n) is 12.4. The molecule has 0 radical (unpaired) electrons. The number of fused-ring (bicyclic) bond motifs is 2. The van der Waals surface area contributed by atoms with Gasteiger partial charge >= 0.3 is 20.2 Å². The van der Waals surface area contributed by atoms with Crippen LogP contribution in [0.25, 0.3) is 0 Å². The van der Waals surface area contributed by atoms with Gasteiger partial charge in [0.25, 0.3) is 11.8 Å². The zero-order valence-corrected chi connectivity index (χ0v) is 20.9. The summed E-state index contributed by atoms with van der Waals surface area (Å²) in [4.78, 5) is 51.4. The van der Waals surface area contributed by atoms with Crippen LogP contribution in [0.5, 0.6) is 0 Å². The van der Waals surface area contributed by atoms with Crippen LogP contribution in [-0.2, 0) is 32.1 Å². The van der Waals surface area contributed by atoms with Crippen molar-refractivity contribution in [3.63, 3.8) is 0 Å². The number of halogens is 2. The first-order valence-corrected chi connectivity index (χ1v) is 12.4. The number of hydrogen-bond donors (Lipinski definition) is 5. The van der Waals surface area contributed by atoms with Crippen LogP contribution in [-0.4, -0.2) is 83.2 Å². The average Bonchev–Trinajstić information content (AvgIpc) is 3.61. The van der Waals surface area contributed by atoms with E-state index in [0.717, 1.165) is 17.0 Å². The Kier molecular flexibility index (Phi) is 7.59. The number of hydrogen-bond acceptors (Lipinski definition) is 8. The Morgan fingerprint density at radius 2 is 1.52 bits per heavy atom. The molecule has 12 nitrogen and oxygen atoms in total. The van der Waals surface area contributed by atoms with E-state index in [9.17, 15) is 38.0 Å². The van der Waals surface area contributed by atoms with E-state index in [4.69, 9.17) is 14.4 Å². The Labute approximate surface area is 226 Å². The first kappa shape index (κ1) is 27.7. The predicted octanol–water partition coefficient (Wildman–Crippen LogP) is -2.00. The lowest BCUT2D eigenvalue weighted by Gasteiger charge is -2.24. The van der Waals surface area contributed by atoms with Gasteiger partial charge in [0.15, 0.2) is 0 Å². The average molecular weight is 557 g/mol. The lowest BCUT2D eigenvalue weighted by molar-refractivity contribution is -0.137. The summed E-state index contributed by atoms with van der Waals surface area (Å²) in [6.45, 7) is -0.706. The third-order valence-corrected chi connectivity index (χ3v) is 7.11. The number of carbonyl (C=O) groups is 4. The van der Waals surface area contributed by atoms with Crippen molar-refractivity contribution in [2.75, 3.05) is 13.1 Å². The molecule has 5 rings (SSSR count). The number of nitrogens with one attached hydrogen (secondary N) is 2. The molecule has 2 atom stereocenters. The minimum Gasteiger partial charge on any atom is -0.481 e. The molecular formula is C24H23B2F2N3O9. The summed E-state index contributed by atoms with van der Waals surface area (Å²) in [7, 11) is -2.80. The number of likely N-dealkylation sites (tertiary alicyclic amines) is 1. The van der Waals surface area contributed by atoms with Gasteiger partial charge in [-0.15, -0.1) is 0 Å². The van der Waals surface area contributed by atoms with Crippen LogP contribution in [0, 0.1) is 11.6 Å². The molecule has 1 saturated heterocycles. The Balaban J connectivity index is 1.37. The predicted molar refractivity (Wildman–Crippen MR) is 134 cm³/mol. The summed E-state index contributed by atoms with van der Waals surface area (Å²) in [5.41, 5.74) is 0.176. The van der Waals surface area contributed by atoms with E-state index in [2.05, 4.69) is 10.6 Å². The summed E-state index contributed by atoms with van der Waals surface area (Å²) in [5, 5.41) is 33.8. The van der Waals surface area contributed by atoms with Crippen molar-refractivity contribution in [1.29, 1.82) is 0 Å². The maximum atomic E-state index is 14.6. The minimum atomic E-state index is -1.42. The zero-order valence-electron chi connectivity index (χ0n) is 20.9. The van der Waals surface area contributed by atoms with E-state index in [0.29, 0.717) is 0 Å². The fourth-order valence-corrected chi connectivity index (χ4v) is 5.08. The van der Waals surface area contributed by atoms with Gasteiger partial charge in [-0.3, -0.25) is 19.2 Å². The van der Waals surface area contributed by atoms with Crippen molar-refractivity contribution in [1.82, 2.24) is 15.5 Å². The van der Waals surface area contributed by atoms with E-state index in [-0.39, 0.29) is 72.3 Å². The van der Waals surface area contributed by atoms with Crippen molar-refractivity contribution in [3.8, 4) is 0 Å². The molecule has 3 aliphatic rings. The molecule has 0 spiro atoms. The number of rotatable bonds is 7. The molecule has 2 aromatic rings. The number of benzene rings is 2. The standard InChI is InChI=1S/C24H23B2F2N3O9/c27-18-5-11(3-16-14(18)9-39-25(16)37)22(34)30-13-7-20(23(35)29-2-1-21(32)33)31(8-13)24(36)12-4-17-15(19(28)6-12)10-40-26(17)38/h3-6,13,20,37-38H,1-2,7-10H2,(H,29,35)(H,30,34)(H,32,33)/t13-,20-/m0/s1. The maximum Gasteiger partial charge on any atom is 0.491 e. The van der Waals surface area contributed by atoms with Gasteiger partial charge in [-0.25, -0.2) is 8.78 Å². The second-order valence-electron chi connectivity index (χ2n) is 9.69. The molecule has 3 aliphatic heterocycles. The molecule has 0 saturated carbocycles. The second-order valence-corrected chi connectivity index (χ2v) is 9.69. The summed E-state index contributed by atoms with van der Waals surface area (Å²) < 4.78 is 39.1. The number of amides is 3. The van der Waals surface area contributed by atoms with Gasteiger partial charge in [-0.1, -0.05) is 0 Å². The number of aliphatic carboxylic acids is 1. The second kappa shape index (κ2) is 11.0. The van der Waals surface area contributed by atoms with Gasteiger partial charge in [0.1, 0.15) is 17.7 Å². The molecule has 40 heavy (non-hydrogen) atoms. The SMILES string of the molecule is O=C(O)CCNC(=O)[C@@H]1C[C@H](NC(=O)c2cc(F)c3c(c2)B(O)OC3)CN1C(=O)c1cc(F)c2c(c1)B(O)OC2. The highest BCUT2D eigenvalue weighted by molar-refractivity contribution is 6.62. The zero-order chi connectivity index (χ0) is 28.7. The summed E-state index contributed by atoms with van der Waals surface area (Å²) in [5.74, 6) is -4.82. The molecular weight excluding hydrogens is 534 g/mol. The Morgan fingerprint density at radius 3 is 2.12 bits per heavy atom. The van der Waals surface area contributed by atoms with E-state index in [1.165, 1.54) is 12.1 Å². The highest BCUT2D eigenvalue weighted by atomic mass is 19.1. The minimum absolute atomic E-state index is 0.0747. The summed E-state index contributed by atoms with van der Waals surface area (Å²) in [6.07, 6.45) is -0.436. The van der Waals surface area contributed by atoms with Gasteiger partial charge in [0, 0.05) is 41.4 Å². The number of carboxylic acid groups (broad SMARTS) is 1. The molecule has 208 valence electrons. The third-order valence-electron chi connectivity index (χ3n) is 7.11. The normalized spacial score (nSPS) is 19.4. The van der Waals surface area contributed by atoms with Crippen LogP contribution >= 0.6 is 0 Å². The van der Waals surface area contributed by atoms with Gasteiger partial charge < -0.3 is 40.0 Å². The van der Waals surface area contributed by atoms with Crippen molar-refractivity contribution in [2.24, 2.45) is 0 Å². The fraction of sp³-hybridized carbons (Fsp3) is 0.333. The highest BCUT2D eigenvalue weighted by Gasteiger charge is 2.42. The molecule has 1 fully saturated rings. The summed E-state index contributed by atoms with van der Waals surface area (Å²) in [6, 6.07) is 2.57. The lowest BCUT2D eigenvalue weighted by Crippen LogP contribution is -2.46. The maximum absolute atomic E-state index is 14.6. The van der Waals surface area contributed by atoms with Crippen LogP contribution in [0.1, 0.15) is 44.7 Å². The van der Waals surface area contributed by atoms with Gasteiger partial charge in [-0.2, -0.15) is 0 Å². The molecule has 0 aromatic heterocycles. The molecule has 3 heterocycles. The Bertz CT molecular complexity index is 1410. The van der Waals surface area contributed by atoms with Gasteiger partial charge in [-0.05, 0) is 41.6 Å². The Morgan fingerprint density at radius 1 is 0.950 bits per heavy atom. The van der Waals surface area contributed by atoms with Crippen LogP contribution in [0.3, 0.4) is 0 Å². The van der Waals surface area contributed by atoms with Crippen LogP contribution in [0.15, 0.2) is 24.3 Å². The number of nitrogens with zero attached hydrogens (tertiary/aromatic N) is 1. The molecule has 2 aromatic carbocycles. The molecule has 0 bridgehead atoms. The van der Waals surface area contributed by atoms with Crippen molar-refractivity contribution in [2.45, 2.75) is 38.1 Å². The van der Waals surface area contributed by atoms with Crippen LogP contribution < -0.4 is 21.6 Å². The van der Waals surface area contributed by atoms with Gasteiger partial charge in [0.05, 0.1) is 19.6 Å². The van der Waals surface area contributed by atoms with Crippen molar-refractivity contribution in [3.05, 3.63) is 58.2 Å². The quantitative estimate of drug-likeness (QED) is 0.242. The summed E-state index contributed by atoms with van der Waals surface area (Å²) >= 11 is 0. The molecule has 0 aliphatic carbocycles. The van der Waals surface area contributed by atoms with Gasteiger partial charge in [0.2, 0.25) is 5.91 Å². The van der Waals surface area contributed by atoms with Crippen LogP contribution in [0.4, 0.5) is 8.78 Å². The smallest absolute Gasteiger partial charge is 0.481 e.